The van der Waals surface area contributed by atoms with Crippen molar-refractivity contribution in [3.8, 4) is 5.75 Å². The highest BCUT2D eigenvalue weighted by Gasteiger charge is 2.49. The second-order valence-corrected chi connectivity index (χ2v) is 6.72. The second kappa shape index (κ2) is 4.38. The Balaban J connectivity index is 2.01. The molecule has 0 heterocycles. The van der Waals surface area contributed by atoms with Crippen LogP contribution in [0, 0.1) is 10.3 Å². The number of benzene rings is 2. The van der Waals surface area contributed by atoms with E-state index in [1.54, 1.807) is 6.07 Å². The van der Waals surface area contributed by atoms with Crippen LogP contribution >= 0.6 is 0 Å². The number of carbonyl (C=O) groups is 1. The smallest absolute Gasteiger partial charge is 0.139 e. The highest BCUT2D eigenvalue weighted by molar-refractivity contribution is 5.98. The minimum atomic E-state index is -0.258. The maximum Gasteiger partial charge on any atom is 0.139 e. The fourth-order valence-electron chi connectivity index (χ4n) is 4.46. The highest BCUT2D eigenvalue weighted by Crippen LogP contribution is 2.55. The van der Waals surface area contributed by atoms with Crippen LogP contribution in [0.1, 0.15) is 43.2 Å². The van der Waals surface area contributed by atoms with Crippen LogP contribution in [0.25, 0.3) is 10.8 Å². The zero-order valence-corrected chi connectivity index (χ0v) is 12.4. The van der Waals surface area contributed by atoms with E-state index in [0.717, 1.165) is 35.6 Å². The first kappa shape index (κ1) is 13.4. The van der Waals surface area contributed by atoms with Gasteiger partial charge in [0, 0.05) is 23.3 Å². The number of phenolic OH excluding ortho intramolecular Hbond substituents is 1. The minimum absolute atomic E-state index is 0.0544. The van der Waals surface area contributed by atoms with E-state index in [2.05, 4.69) is 18.2 Å². The Kier molecular flexibility index (Phi) is 2.68. The SMILES string of the molecule is C[C@]12CCc3c(ccc4cc(O)cc(N=O)c34)[C@@H]1CCC2=O. The Bertz CT molecular complexity index is 827. The zero-order chi connectivity index (χ0) is 15.5. The van der Waals surface area contributed by atoms with Crippen molar-refractivity contribution in [3.05, 3.63) is 40.3 Å². The first-order chi connectivity index (χ1) is 10.5. The molecule has 2 aromatic rings. The number of fused-ring (bicyclic) bond motifs is 5. The van der Waals surface area contributed by atoms with Crippen LogP contribution in [0.4, 0.5) is 5.69 Å². The van der Waals surface area contributed by atoms with Crippen molar-refractivity contribution in [1.82, 2.24) is 0 Å². The summed E-state index contributed by atoms with van der Waals surface area (Å²) in [5.74, 6) is 0.655. The van der Waals surface area contributed by atoms with Gasteiger partial charge in [0.25, 0.3) is 0 Å². The quantitative estimate of drug-likeness (QED) is 0.796. The Morgan fingerprint density at radius 2 is 2.09 bits per heavy atom. The summed E-state index contributed by atoms with van der Waals surface area (Å²) in [7, 11) is 0. The molecule has 1 saturated carbocycles. The van der Waals surface area contributed by atoms with Gasteiger partial charge in [0.05, 0.1) is 0 Å². The maximum absolute atomic E-state index is 12.3. The summed E-state index contributed by atoms with van der Waals surface area (Å²) >= 11 is 0. The second-order valence-electron chi connectivity index (χ2n) is 6.72. The van der Waals surface area contributed by atoms with Gasteiger partial charge in [-0.1, -0.05) is 19.1 Å². The summed E-state index contributed by atoms with van der Waals surface area (Å²) in [6.07, 6.45) is 3.13. The van der Waals surface area contributed by atoms with E-state index in [1.807, 2.05) is 6.07 Å². The molecule has 0 amide bonds. The Morgan fingerprint density at radius 3 is 2.86 bits per heavy atom. The predicted molar refractivity (Wildman–Crippen MR) is 84.5 cm³/mol. The highest BCUT2D eigenvalue weighted by atomic mass is 16.3. The third-order valence-electron chi connectivity index (χ3n) is 5.66. The van der Waals surface area contributed by atoms with Gasteiger partial charge in [-0.05, 0) is 52.9 Å². The average molecular weight is 295 g/mol. The number of phenols is 1. The number of aryl methyl sites for hydroxylation is 1. The summed E-state index contributed by atoms with van der Waals surface area (Å²) in [4.78, 5) is 23.5. The molecule has 0 aromatic heterocycles. The summed E-state index contributed by atoms with van der Waals surface area (Å²) in [6, 6.07) is 7.07. The third-order valence-corrected chi connectivity index (χ3v) is 5.66. The Hall–Kier alpha value is -2.23. The molecule has 4 nitrogen and oxygen atoms in total. The number of carbonyl (C=O) groups excluding carboxylic acids is 1. The molecule has 1 fully saturated rings. The van der Waals surface area contributed by atoms with Crippen LogP contribution in [0.15, 0.2) is 29.4 Å². The standard InChI is InChI=1S/C18H17NO3/c1-18-7-6-13-12(14(18)4-5-16(18)21)3-2-10-8-11(20)9-15(19-22)17(10)13/h2-3,8-9,14,20H,4-7H2,1H3/t14-,18-/m0/s1. The normalized spacial score (nSPS) is 26.8. The van der Waals surface area contributed by atoms with Crippen LogP contribution in [-0.4, -0.2) is 10.9 Å². The fourth-order valence-corrected chi connectivity index (χ4v) is 4.46. The van der Waals surface area contributed by atoms with Gasteiger partial charge in [-0.15, -0.1) is 4.91 Å². The largest absolute Gasteiger partial charge is 0.508 e. The molecule has 1 N–H and O–H groups in total. The van der Waals surface area contributed by atoms with E-state index in [9.17, 15) is 14.8 Å². The van der Waals surface area contributed by atoms with Gasteiger partial charge >= 0.3 is 0 Å². The predicted octanol–water partition coefficient (Wildman–Crippen LogP) is 4.34. The molecule has 0 spiro atoms. The van der Waals surface area contributed by atoms with E-state index in [-0.39, 0.29) is 17.1 Å². The average Bonchev–Trinajstić information content (AvgIpc) is 2.81. The number of Topliss-reactive ketones (excluding diaryl/α,β-unsaturated/α-hetero) is 1. The van der Waals surface area contributed by atoms with Crippen LogP contribution in [0.3, 0.4) is 0 Å². The summed E-state index contributed by atoms with van der Waals surface area (Å²) in [5, 5.41) is 14.5. The van der Waals surface area contributed by atoms with Gasteiger partial charge in [-0.25, -0.2) is 0 Å². The van der Waals surface area contributed by atoms with Crippen molar-refractivity contribution in [2.75, 3.05) is 0 Å². The maximum atomic E-state index is 12.3. The summed E-state index contributed by atoms with van der Waals surface area (Å²) < 4.78 is 0. The Morgan fingerprint density at radius 1 is 1.27 bits per heavy atom. The van der Waals surface area contributed by atoms with Gasteiger partial charge in [0.15, 0.2) is 0 Å². The monoisotopic (exact) mass is 295 g/mol. The molecule has 2 aromatic carbocycles. The molecule has 4 rings (SSSR count). The van der Waals surface area contributed by atoms with E-state index < -0.39 is 0 Å². The lowest BCUT2D eigenvalue weighted by atomic mass is 9.66. The van der Waals surface area contributed by atoms with Crippen LogP contribution in [0.2, 0.25) is 0 Å². The molecule has 0 bridgehead atoms. The van der Waals surface area contributed by atoms with E-state index >= 15 is 0 Å². The van der Waals surface area contributed by atoms with Crippen molar-refractivity contribution < 1.29 is 9.90 Å². The lowest BCUT2D eigenvalue weighted by Gasteiger charge is -2.37. The van der Waals surface area contributed by atoms with Gasteiger partial charge in [-0.3, -0.25) is 4.79 Å². The van der Waals surface area contributed by atoms with Gasteiger partial charge in [0.2, 0.25) is 0 Å². The zero-order valence-electron chi connectivity index (χ0n) is 12.4. The van der Waals surface area contributed by atoms with Gasteiger partial charge in [-0.2, -0.15) is 0 Å². The lowest BCUT2D eigenvalue weighted by Crippen LogP contribution is -2.32. The first-order valence-electron chi connectivity index (χ1n) is 7.70. The summed E-state index contributed by atoms with van der Waals surface area (Å²) in [6.45, 7) is 2.08. The van der Waals surface area contributed by atoms with Crippen LogP contribution in [0.5, 0.6) is 5.75 Å². The van der Waals surface area contributed by atoms with Gasteiger partial charge in [0.1, 0.15) is 17.2 Å². The molecular formula is C18H17NO3. The van der Waals surface area contributed by atoms with Crippen molar-refractivity contribution in [3.63, 3.8) is 0 Å². The van der Waals surface area contributed by atoms with Crippen molar-refractivity contribution in [2.45, 2.75) is 38.5 Å². The number of hydrogen-bond donors (Lipinski definition) is 1. The molecule has 112 valence electrons. The topological polar surface area (TPSA) is 66.7 Å². The minimum Gasteiger partial charge on any atom is -0.508 e. The molecule has 0 saturated heterocycles. The number of ketones is 1. The van der Waals surface area contributed by atoms with E-state index in [0.29, 0.717) is 17.9 Å². The molecule has 0 aliphatic heterocycles. The Labute approximate surface area is 128 Å². The van der Waals surface area contributed by atoms with Crippen molar-refractivity contribution in [2.24, 2.45) is 10.6 Å². The third kappa shape index (κ3) is 1.61. The number of nitrogens with zero attached hydrogens (tertiary/aromatic N) is 1. The molecule has 2 aliphatic rings. The van der Waals surface area contributed by atoms with E-state index in [4.69, 9.17) is 0 Å². The van der Waals surface area contributed by atoms with E-state index in [1.165, 1.54) is 11.6 Å². The number of nitroso groups, excluding NO2 is 1. The van der Waals surface area contributed by atoms with Gasteiger partial charge < -0.3 is 5.11 Å². The molecule has 22 heavy (non-hydrogen) atoms. The van der Waals surface area contributed by atoms with Crippen LogP contribution in [-0.2, 0) is 11.2 Å². The van der Waals surface area contributed by atoms with Crippen molar-refractivity contribution >= 4 is 22.2 Å². The molecular weight excluding hydrogens is 278 g/mol. The fraction of sp³-hybridized carbons (Fsp3) is 0.389. The van der Waals surface area contributed by atoms with Crippen molar-refractivity contribution in [1.29, 1.82) is 0 Å². The first-order valence-corrected chi connectivity index (χ1v) is 7.70. The molecule has 2 atom stereocenters. The number of hydrogen-bond acceptors (Lipinski definition) is 4. The molecule has 0 unspecified atom stereocenters. The number of aromatic hydroxyl groups is 1. The molecule has 0 radical (unpaired) electrons. The lowest BCUT2D eigenvalue weighted by molar-refractivity contribution is -0.126. The summed E-state index contributed by atoms with van der Waals surface area (Å²) in [5.41, 5.74) is 2.35. The molecule has 4 heteroatoms. The van der Waals surface area contributed by atoms with Crippen LogP contribution < -0.4 is 0 Å². The number of rotatable bonds is 1. The molecule has 2 aliphatic carbocycles.